The lowest BCUT2D eigenvalue weighted by atomic mass is 9.63. The van der Waals surface area contributed by atoms with Gasteiger partial charge in [0.1, 0.15) is 0 Å². The highest BCUT2D eigenvalue weighted by atomic mass is 14.4. The molecule has 124 valence electrons. The fourth-order valence-electron chi connectivity index (χ4n) is 3.70. The van der Waals surface area contributed by atoms with Gasteiger partial charge in [0.25, 0.3) is 0 Å². The third kappa shape index (κ3) is 4.96. The number of allylic oxidation sites excluding steroid dienone is 12. The molecule has 0 aromatic carbocycles. The maximum atomic E-state index is 2.40. The molecular formula is C23H32. The molecule has 1 fully saturated rings. The van der Waals surface area contributed by atoms with Crippen LogP contribution in [0.5, 0.6) is 0 Å². The summed E-state index contributed by atoms with van der Waals surface area (Å²) < 4.78 is 0. The molecule has 2 aliphatic rings. The fraction of sp³-hybridized carbons (Fsp3) is 0.478. The Labute approximate surface area is 143 Å². The van der Waals surface area contributed by atoms with E-state index in [1.54, 1.807) is 5.57 Å². The lowest BCUT2D eigenvalue weighted by Gasteiger charge is -2.41. The van der Waals surface area contributed by atoms with Crippen molar-refractivity contribution in [2.75, 3.05) is 0 Å². The Hall–Kier alpha value is -1.56. The Morgan fingerprint density at radius 1 is 1.26 bits per heavy atom. The fourth-order valence-corrected chi connectivity index (χ4v) is 3.70. The summed E-state index contributed by atoms with van der Waals surface area (Å²) in [6, 6.07) is 0. The highest BCUT2D eigenvalue weighted by Gasteiger charge is 2.37. The van der Waals surface area contributed by atoms with Crippen LogP contribution in [0.4, 0.5) is 0 Å². The molecule has 0 nitrogen and oxygen atoms in total. The molecule has 0 aliphatic heterocycles. The van der Waals surface area contributed by atoms with Crippen LogP contribution in [0.1, 0.15) is 59.3 Å². The summed E-state index contributed by atoms with van der Waals surface area (Å²) in [4.78, 5) is 0. The predicted molar refractivity (Wildman–Crippen MR) is 103 cm³/mol. The SMILES string of the molecule is CC/C=C(C)\C=C/CC/C=C\C=C1/CCCC2C=CC=CC12C. The van der Waals surface area contributed by atoms with Gasteiger partial charge in [0.2, 0.25) is 0 Å². The normalized spacial score (nSPS) is 29.8. The molecule has 0 heteroatoms. The van der Waals surface area contributed by atoms with E-state index in [0.717, 1.165) is 19.3 Å². The summed E-state index contributed by atoms with van der Waals surface area (Å²) in [5.74, 6) is 0.692. The summed E-state index contributed by atoms with van der Waals surface area (Å²) in [7, 11) is 0. The van der Waals surface area contributed by atoms with Crippen LogP contribution in [0, 0.1) is 11.3 Å². The van der Waals surface area contributed by atoms with Crippen molar-refractivity contribution in [3.63, 3.8) is 0 Å². The maximum absolute atomic E-state index is 2.40. The minimum atomic E-state index is 0.249. The molecule has 0 amide bonds. The second-order valence-corrected chi connectivity index (χ2v) is 6.98. The van der Waals surface area contributed by atoms with Crippen LogP contribution < -0.4 is 0 Å². The summed E-state index contributed by atoms with van der Waals surface area (Å²) in [6.45, 7) is 6.76. The molecule has 0 saturated heterocycles. The number of hydrogen-bond acceptors (Lipinski definition) is 0. The van der Waals surface area contributed by atoms with Crippen LogP contribution in [0.3, 0.4) is 0 Å². The molecule has 2 atom stereocenters. The first-order valence-electron chi connectivity index (χ1n) is 9.22. The van der Waals surface area contributed by atoms with Gasteiger partial charge < -0.3 is 0 Å². The topological polar surface area (TPSA) is 0 Å². The molecule has 0 N–H and O–H groups in total. The lowest BCUT2D eigenvalue weighted by molar-refractivity contribution is 0.291. The molecule has 0 aromatic heterocycles. The van der Waals surface area contributed by atoms with E-state index in [9.17, 15) is 0 Å². The van der Waals surface area contributed by atoms with E-state index in [1.165, 1.54) is 24.8 Å². The van der Waals surface area contributed by atoms with E-state index in [4.69, 9.17) is 0 Å². The molecule has 0 radical (unpaired) electrons. The van der Waals surface area contributed by atoms with Gasteiger partial charge in [-0.1, -0.05) is 85.8 Å². The zero-order valence-corrected chi connectivity index (χ0v) is 15.1. The first-order chi connectivity index (χ1) is 11.2. The Balaban J connectivity index is 1.86. The third-order valence-electron chi connectivity index (χ3n) is 5.16. The van der Waals surface area contributed by atoms with Crippen molar-refractivity contribution < 1.29 is 0 Å². The molecule has 2 rings (SSSR count). The summed E-state index contributed by atoms with van der Waals surface area (Å²) in [5, 5.41) is 0. The van der Waals surface area contributed by atoms with Crippen LogP contribution in [-0.4, -0.2) is 0 Å². The van der Waals surface area contributed by atoms with Gasteiger partial charge in [-0.15, -0.1) is 0 Å². The number of unbranched alkanes of at least 4 members (excludes halogenated alkanes) is 1. The third-order valence-corrected chi connectivity index (χ3v) is 5.16. The standard InChI is InChI=1S/C23H32/c1-4-13-20(2)14-8-6-5-7-9-15-21-17-12-18-22-16-10-11-19-23(21,22)3/h7-11,13-16,19,22H,4-6,12,17-18H2,1-3H3/b9-7-,14-8-,20-13-,21-15+. The van der Waals surface area contributed by atoms with Crippen LogP contribution in [0.25, 0.3) is 0 Å². The van der Waals surface area contributed by atoms with Crippen molar-refractivity contribution in [1.29, 1.82) is 0 Å². The second kappa shape index (κ2) is 8.91. The smallest absolute Gasteiger partial charge is 0.0131 e. The van der Waals surface area contributed by atoms with Crippen LogP contribution in [-0.2, 0) is 0 Å². The first kappa shape index (κ1) is 17.8. The highest BCUT2D eigenvalue weighted by Crippen LogP contribution is 2.48. The number of hydrogen-bond donors (Lipinski definition) is 0. The minimum Gasteiger partial charge on any atom is -0.0842 e. The van der Waals surface area contributed by atoms with Gasteiger partial charge in [-0.2, -0.15) is 0 Å². The summed E-state index contributed by atoms with van der Waals surface area (Å²) in [5.41, 5.74) is 3.22. The average Bonchev–Trinajstić information content (AvgIpc) is 2.54. The van der Waals surface area contributed by atoms with Crippen molar-refractivity contribution in [2.45, 2.75) is 59.3 Å². The van der Waals surface area contributed by atoms with Gasteiger partial charge in [-0.3, -0.25) is 0 Å². The zero-order chi connectivity index (χ0) is 16.5. The van der Waals surface area contributed by atoms with Crippen LogP contribution in [0.2, 0.25) is 0 Å². The van der Waals surface area contributed by atoms with Gasteiger partial charge in [0.05, 0.1) is 0 Å². The van der Waals surface area contributed by atoms with E-state index in [0.29, 0.717) is 5.92 Å². The Morgan fingerprint density at radius 3 is 2.91 bits per heavy atom. The van der Waals surface area contributed by atoms with Gasteiger partial charge in [0, 0.05) is 5.41 Å². The van der Waals surface area contributed by atoms with Gasteiger partial charge >= 0.3 is 0 Å². The Bertz CT molecular complexity index is 551. The molecule has 2 aliphatic carbocycles. The minimum absolute atomic E-state index is 0.249. The number of fused-ring (bicyclic) bond motifs is 1. The molecule has 0 spiro atoms. The maximum Gasteiger partial charge on any atom is 0.0131 e. The zero-order valence-electron chi connectivity index (χ0n) is 15.1. The summed E-state index contributed by atoms with van der Waals surface area (Å²) in [6.07, 6.45) is 30.2. The molecule has 0 heterocycles. The molecule has 23 heavy (non-hydrogen) atoms. The van der Waals surface area contributed by atoms with Crippen molar-refractivity contribution in [2.24, 2.45) is 11.3 Å². The van der Waals surface area contributed by atoms with E-state index in [-0.39, 0.29) is 5.41 Å². The van der Waals surface area contributed by atoms with E-state index < -0.39 is 0 Å². The largest absolute Gasteiger partial charge is 0.0842 e. The molecule has 0 bridgehead atoms. The van der Waals surface area contributed by atoms with Crippen LogP contribution >= 0.6 is 0 Å². The van der Waals surface area contributed by atoms with Crippen molar-refractivity contribution in [3.8, 4) is 0 Å². The molecular weight excluding hydrogens is 276 g/mol. The van der Waals surface area contributed by atoms with E-state index in [1.807, 2.05) is 0 Å². The molecule has 2 unspecified atom stereocenters. The van der Waals surface area contributed by atoms with Crippen molar-refractivity contribution in [3.05, 3.63) is 71.9 Å². The average molecular weight is 309 g/mol. The molecule has 0 aromatic rings. The van der Waals surface area contributed by atoms with Crippen molar-refractivity contribution in [1.82, 2.24) is 0 Å². The van der Waals surface area contributed by atoms with E-state index in [2.05, 4.69) is 81.5 Å². The predicted octanol–water partition coefficient (Wildman–Crippen LogP) is 7.09. The summed E-state index contributed by atoms with van der Waals surface area (Å²) >= 11 is 0. The first-order valence-corrected chi connectivity index (χ1v) is 9.22. The number of rotatable bonds is 6. The Morgan fingerprint density at radius 2 is 2.09 bits per heavy atom. The lowest BCUT2D eigenvalue weighted by Crippen LogP contribution is -2.31. The molecule has 1 saturated carbocycles. The monoisotopic (exact) mass is 308 g/mol. The quantitative estimate of drug-likeness (QED) is 0.363. The van der Waals surface area contributed by atoms with E-state index >= 15 is 0 Å². The highest BCUT2D eigenvalue weighted by molar-refractivity contribution is 5.34. The van der Waals surface area contributed by atoms with Gasteiger partial charge in [0.15, 0.2) is 0 Å². The van der Waals surface area contributed by atoms with Gasteiger partial charge in [-0.05, 0) is 51.4 Å². The second-order valence-electron chi connectivity index (χ2n) is 6.98. The van der Waals surface area contributed by atoms with Gasteiger partial charge in [-0.25, -0.2) is 0 Å². The van der Waals surface area contributed by atoms with Crippen molar-refractivity contribution >= 4 is 0 Å². The Kier molecular flexibility index (Phi) is 6.89. The van der Waals surface area contributed by atoms with Crippen LogP contribution in [0.15, 0.2) is 71.9 Å².